The quantitative estimate of drug-likeness (QED) is 0.180. The van der Waals surface area contributed by atoms with Gasteiger partial charge in [-0.25, -0.2) is 4.98 Å². The van der Waals surface area contributed by atoms with Gasteiger partial charge < -0.3 is 9.15 Å². The molecule has 2 heterocycles. The topological polar surface area (TPSA) is 69.6 Å². The van der Waals surface area contributed by atoms with Crippen LogP contribution in [-0.2, 0) is 0 Å². The second-order valence-corrected chi connectivity index (χ2v) is 8.66. The first-order valence-corrected chi connectivity index (χ1v) is 11.5. The van der Waals surface area contributed by atoms with Crippen LogP contribution in [0.2, 0.25) is 5.02 Å². The lowest BCUT2D eigenvalue weighted by molar-refractivity contribution is 0.360. The first-order valence-electron chi connectivity index (χ1n) is 10.3. The maximum atomic E-state index is 13.4. The van der Waals surface area contributed by atoms with Crippen molar-refractivity contribution in [3.05, 3.63) is 105 Å². The zero-order valence-corrected chi connectivity index (χ0v) is 20.1. The maximum absolute atomic E-state index is 13.4. The van der Waals surface area contributed by atoms with Crippen molar-refractivity contribution in [2.75, 3.05) is 6.61 Å². The Morgan fingerprint density at radius 3 is 2.76 bits per heavy atom. The van der Waals surface area contributed by atoms with Crippen LogP contribution in [-0.4, -0.2) is 22.5 Å². The van der Waals surface area contributed by atoms with Gasteiger partial charge >= 0.3 is 0 Å². The molecule has 5 aromatic rings. The molecule has 0 unspecified atom stereocenters. The van der Waals surface area contributed by atoms with Gasteiger partial charge in [0.2, 0.25) is 5.82 Å². The molecule has 0 radical (unpaired) electrons. The van der Waals surface area contributed by atoms with E-state index in [2.05, 4.69) is 27.6 Å². The molecule has 6 nitrogen and oxygen atoms in total. The molecule has 0 aliphatic carbocycles. The van der Waals surface area contributed by atoms with E-state index >= 15 is 0 Å². The minimum absolute atomic E-state index is 0.283. The van der Waals surface area contributed by atoms with Crippen molar-refractivity contribution in [2.45, 2.75) is 0 Å². The fourth-order valence-electron chi connectivity index (χ4n) is 3.57. The summed E-state index contributed by atoms with van der Waals surface area (Å²) < 4.78 is 13.7. The Morgan fingerprint density at radius 1 is 1.15 bits per heavy atom. The Hall–Kier alpha value is -3.68. The van der Waals surface area contributed by atoms with Gasteiger partial charge in [-0.3, -0.25) is 4.79 Å². The molecule has 168 valence electrons. The van der Waals surface area contributed by atoms with Crippen LogP contribution in [0.3, 0.4) is 0 Å². The third-order valence-corrected chi connectivity index (χ3v) is 5.90. The minimum Gasteiger partial charge on any atom is -0.488 e. The van der Waals surface area contributed by atoms with E-state index in [1.165, 1.54) is 10.9 Å². The van der Waals surface area contributed by atoms with Gasteiger partial charge in [-0.15, -0.1) is 0 Å². The molecule has 0 aliphatic heterocycles. The maximum Gasteiger partial charge on any atom is 0.282 e. The highest BCUT2D eigenvalue weighted by Crippen LogP contribution is 2.32. The summed E-state index contributed by atoms with van der Waals surface area (Å²) in [4.78, 5) is 18.1. The molecule has 0 saturated heterocycles. The summed E-state index contributed by atoms with van der Waals surface area (Å²) in [6.45, 7) is 3.98. The number of para-hydroxylation sites is 2. The van der Waals surface area contributed by atoms with Crippen LogP contribution >= 0.6 is 27.5 Å². The van der Waals surface area contributed by atoms with Crippen LogP contribution in [0.5, 0.6) is 5.75 Å². The summed E-state index contributed by atoms with van der Waals surface area (Å²) in [6.07, 6.45) is 3.15. The van der Waals surface area contributed by atoms with E-state index in [4.69, 9.17) is 25.7 Å². The number of nitrogens with zero attached hydrogens (tertiary/aromatic N) is 3. The van der Waals surface area contributed by atoms with Gasteiger partial charge in [0, 0.05) is 16.0 Å². The summed E-state index contributed by atoms with van der Waals surface area (Å²) >= 11 is 9.73. The van der Waals surface area contributed by atoms with Gasteiger partial charge in [0.15, 0.2) is 5.76 Å². The number of hydrogen-bond acceptors (Lipinski definition) is 5. The zero-order valence-electron chi connectivity index (χ0n) is 17.7. The molecule has 0 aliphatic rings. The van der Waals surface area contributed by atoms with E-state index in [0.717, 1.165) is 5.39 Å². The van der Waals surface area contributed by atoms with Crippen LogP contribution in [0.1, 0.15) is 5.56 Å². The second kappa shape index (κ2) is 9.29. The Bertz CT molecular complexity index is 1610. The Balaban J connectivity index is 1.71. The number of halogens is 2. The third-order valence-electron chi connectivity index (χ3n) is 5.09. The van der Waals surface area contributed by atoms with Gasteiger partial charge in [0.05, 0.1) is 21.6 Å². The van der Waals surface area contributed by atoms with Crippen molar-refractivity contribution in [3.63, 3.8) is 0 Å². The van der Waals surface area contributed by atoms with Gasteiger partial charge in [0.1, 0.15) is 17.9 Å². The number of hydrogen-bond donors (Lipinski definition) is 0. The lowest BCUT2D eigenvalue weighted by Crippen LogP contribution is -2.20. The van der Waals surface area contributed by atoms with Crippen molar-refractivity contribution in [2.24, 2.45) is 5.10 Å². The van der Waals surface area contributed by atoms with Crippen LogP contribution < -0.4 is 10.3 Å². The summed E-state index contributed by atoms with van der Waals surface area (Å²) in [5.41, 5.74) is 1.49. The summed E-state index contributed by atoms with van der Waals surface area (Å²) in [7, 11) is 0. The van der Waals surface area contributed by atoms with Crippen LogP contribution in [0, 0.1) is 0 Å². The Kier molecular flexibility index (Phi) is 6.04. The lowest BCUT2D eigenvalue weighted by atomic mass is 10.2. The summed E-state index contributed by atoms with van der Waals surface area (Å²) in [5, 5.41) is 6.32. The molecule has 5 rings (SSSR count). The van der Waals surface area contributed by atoms with Gasteiger partial charge in [-0.2, -0.15) is 9.78 Å². The molecule has 34 heavy (non-hydrogen) atoms. The first kappa shape index (κ1) is 22.1. The van der Waals surface area contributed by atoms with Crippen LogP contribution in [0.4, 0.5) is 0 Å². The SMILES string of the molecule is C=CCOc1c(Br)cc(Cl)cc1C=Nn1c(-c2cc3ccccc3o2)nc2ccccc2c1=O. The van der Waals surface area contributed by atoms with E-state index in [-0.39, 0.29) is 11.4 Å². The second-order valence-electron chi connectivity index (χ2n) is 7.37. The number of ether oxygens (including phenoxy) is 1. The molecule has 0 amide bonds. The fourth-order valence-corrected chi connectivity index (χ4v) is 4.52. The monoisotopic (exact) mass is 533 g/mol. The molecule has 8 heteroatoms. The van der Waals surface area contributed by atoms with Gasteiger partial charge in [0.25, 0.3) is 5.56 Å². The van der Waals surface area contributed by atoms with Crippen LogP contribution in [0.25, 0.3) is 33.5 Å². The molecule has 0 atom stereocenters. The van der Waals surface area contributed by atoms with Gasteiger partial charge in [-0.05, 0) is 52.3 Å². The predicted molar refractivity (Wildman–Crippen MR) is 139 cm³/mol. The van der Waals surface area contributed by atoms with E-state index in [9.17, 15) is 4.79 Å². The average Bonchev–Trinajstić information content (AvgIpc) is 3.27. The normalized spacial score (nSPS) is 11.5. The first-order chi connectivity index (χ1) is 16.5. The number of rotatable bonds is 6. The number of benzene rings is 3. The summed E-state index contributed by atoms with van der Waals surface area (Å²) in [5.74, 6) is 1.24. The fraction of sp³-hybridized carbons (Fsp3) is 0.0385. The van der Waals surface area contributed by atoms with Crippen molar-refractivity contribution >= 4 is 55.6 Å². The number of furan rings is 1. The van der Waals surface area contributed by atoms with Crippen molar-refractivity contribution < 1.29 is 9.15 Å². The highest BCUT2D eigenvalue weighted by atomic mass is 79.9. The van der Waals surface area contributed by atoms with E-state index < -0.39 is 0 Å². The molecule has 0 fully saturated rings. The highest BCUT2D eigenvalue weighted by molar-refractivity contribution is 9.10. The molecular formula is C26H17BrClN3O3. The number of fused-ring (bicyclic) bond motifs is 2. The smallest absolute Gasteiger partial charge is 0.282 e. The third kappa shape index (κ3) is 4.16. The molecular weight excluding hydrogens is 518 g/mol. The molecule has 0 spiro atoms. The van der Waals surface area contributed by atoms with Crippen molar-refractivity contribution in [1.29, 1.82) is 0 Å². The largest absolute Gasteiger partial charge is 0.488 e. The predicted octanol–water partition coefficient (Wildman–Crippen LogP) is 6.67. The van der Waals surface area contributed by atoms with E-state index in [1.54, 1.807) is 36.4 Å². The van der Waals surface area contributed by atoms with E-state index in [0.29, 0.717) is 49.7 Å². The van der Waals surface area contributed by atoms with Crippen LogP contribution in [0.15, 0.2) is 98.2 Å². The molecule has 0 saturated carbocycles. The van der Waals surface area contributed by atoms with Gasteiger partial charge in [-0.1, -0.05) is 54.6 Å². The van der Waals surface area contributed by atoms with E-state index in [1.807, 2.05) is 36.4 Å². The summed E-state index contributed by atoms with van der Waals surface area (Å²) in [6, 6.07) is 20.0. The van der Waals surface area contributed by atoms with Crippen molar-refractivity contribution in [3.8, 4) is 17.3 Å². The Labute approximate surface area is 207 Å². The standard InChI is InChI=1S/C26H17BrClN3O3/c1-2-11-33-24-17(12-18(28)14-20(24)27)15-29-31-25(23-13-16-7-3-6-10-22(16)34-23)30-21-9-5-4-8-19(21)26(31)32/h2-10,12-15H,1,11H2. The molecule has 0 N–H and O–H groups in total. The average molecular weight is 535 g/mol. The number of aromatic nitrogens is 2. The lowest BCUT2D eigenvalue weighted by Gasteiger charge is -2.11. The minimum atomic E-state index is -0.327. The Morgan fingerprint density at radius 2 is 1.94 bits per heavy atom. The highest BCUT2D eigenvalue weighted by Gasteiger charge is 2.17. The molecule has 3 aromatic carbocycles. The van der Waals surface area contributed by atoms with Crippen molar-refractivity contribution in [1.82, 2.24) is 9.66 Å². The zero-order chi connectivity index (χ0) is 23.7. The molecule has 2 aromatic heterocycles. The molecule has 0 bridgehead atoms.